The molecule has 0 aromatic carbocycles. The van der Waals surface area contributed by atoms with E-state index >= 15 is 0 Å². The Balaban J connectivity index is 2.83. The van der Waals surface area contributed by atoms with Crippen molar-refractivity contribution >= 4 is 12.1 Å². The lowest BCUT2D eigenvalue weighted by Crippen LogP contribution is -2.58. The Kier molecular flexibility index (Phi) is 4.48. The molecule has 1 rings (SSSR count). The molecule has 1 fully saturated rings. The summed E-state index contributed by atoms with van der Waals surface area (Å²) in [5.74, 6) is -0.429. The van der Waals surface area contributed by atoms with E-state index in [1.807, 2.05) is 13.8 Å². The average molecular weight is 271 g/mol. The van der Waals surface area contributed by atoms with Gasteiger partial charge in [0.1, 0.15) is 11.1 Å². The summed E-state index contributed by atoms with van der Waals surface area (Å²) in [7, 11) is 0. The lowest BCUT2D eigenvalue weighted by atomic mass is 9.71. The summed E-state index contributed by atoms with van der Waals surface area (Å²) < 4.78 is 5.17. The first-order chi connectivity index (χ1) is 8.54. The van der Waals surface area contributed by atoms with Crippen molar-refractivity contribution in [2.75, 3.05) is 0 Å². The van der Waals surface area contributed by atoms with E-state index < -0.39 is 23.2 Å². The minimum absolute atomic E-state index is 0.273. The molecule has 0 heterocycles. The molecule has 0 unspecified atom stereocenters. The molecule has 0 spiro atoms. The van der Waals surface area contributed by atoms with E-state index in [9.17, 15) is 14.7 Å². The summed E-state index contributed by atoms with van der Waals surface area (Å²) in [6.07, 6.45) is 1.24. The van der Waals surface area contributed by atoms with Gasteiger partial charge in [0.05, 0.1) is 0 Å². The van der Waals surface area contributed by atoms with Gasteiger partial charge in [-0.2, -0.15) is 0 Å². The number of rotatable bonds is 2. The summed E-state index contributed by atoms with van der Waals surface area (Å²) in [5, 5.41) is 12.1. The van der Waals surface area contributed by atoms with Crippen molar-refractivity contribution in [1.82, 2.24) is 5.32 Å². The highest BCUT2D eigenvalue weighted by molar-refractivity contribution is 5.84. The Hall–Kier alpha value is -1.26. The Morgan fingerprint density at radius 1 is 1.21 bits per heavy atom. The van der Waals surface area contributed by atoms with Gasteiger partial charge >= 0.3 is 12.1 Å². The molecule has 0 bridgehead atoms. The number of hydrogen-bond acceptors (Lipinski definition) is 3. The van der Waals surface area contributed by atoms with Crippen molar-refractivity contribution < 1.29 is 19.4 Å². The van der Waals surface area contributed by atoms with E-state index in [0.717, 1.165) is 6.42 Å². The van der Waals surface area contributed by atoms with Crippen molar-refractivity contribution in [2.24, 2.45) is 11.8 Å². The van der Waals surface area contributed by atoms with Crippen molar-refractivity contribution in [3.05, 3.63) is 0 Å². The monoisotopic (exact) mass is 271 g/mol. The van der Waals surface area contributed by atoms with Crippen LogP contribution in [0.1, 0.15) is 53.9 Å². The first kappa shape index (κ1) is 15.8. The number of nitrogens with one attached hydrogen (secondary N) is 1. The minimum Gasteiger partial charge on any atom is -0.480 e. The normalized spacial score (nSPS) is 31.6. The summed E-state index contributed by atoms with van der Waals surface area (Å²) in [6, 6.07) is 0. The van der Waals surface area contributed by atoms with Gasteiger partial charge in [0.2, 0.25) is 0 Å². The van der Waals surface area contributed by atoms with Crippen LogP contribution in [0.3, 0.4) is 0 Å². The fraction of sp³-hybridized carbons (Fsp3) is 0.857. The number of carboxylic acid groups (broad SMARTS) is 1. The van der Waals surface area contributed by atoms with E-state index in [1.54, 1.807) is 20.8 Å². The van der Waals surface area contributed by atoms with Gasteiger partial charge in [-0.25, -0.2) is 9.59 Å². The molecule has 1 saturated carbocycles. The van der Waals surface area contributed by atoms with Crippen LogP contribution in [0.4, 0.5) is 4.79 Å². The SMILES string of the molecule is C[C@H]1C[C@H](C)CC(NC(=O)OC(C)(C)C)(C(=O)O)C1. The number of aliphatic carboxylic acids is 1. The molecule has 1 aliphatic carbocycles. The molecule has 5 nitrogen and oxygen atoms in total. The quantitative estimate of drug-likeness (QED) is 0.809. The van der Waals surface area contributed by atoms with Crippen molar-refractivity contribution in [3.8, 4) is 0 Å². The van der Waals surface area contributed by atoms with Crippen LogP contribution in [0.5, 0.6) is 0 Å². The lowest BCUT2D eigenvalue weighted by Gasteiger charge is -2.40. The largest absolute Gasteiger partial charge is 0.480 e. The van der Waals surface area contributed by atoms with E-state index in [2.05, 4.69) is 5.32 Å². The fourth-order valence-corrected chi connectivity index (χ4v) is 2.96. The zero-order valence-electron chi connectivity index (χ0n) is 12.4. The summed E-state index contributed by atoms with van der Waals surface area (Å²) in [5.41, 5.74) is -1.82. The van der Waals surface area contributed by atoms with E-state index in [-0.39, 0.29) is 11.8 Å². The third-order valence-electron chi connectivity index (χ3n) is 3.35. The molecule has 110 valence electrons. The Labute approximate surface area is 114 Å². The third kappa shape index (κ3) is 4.40. The number of alkyl carbamates (subject to hydrolysis) is 1. The number of amides is 1. The van der Waals surface area contributed by atoms with Crippen LogP contribution in [-0.4, -0.2) is 28.3 Å². The predicted octanol–water partition coefficient (Wildman–Crippen LogP) is 2.79. The summed E-state index contributed by atoms with van der Waals surface area (Å²) in [6.45, 7) is 9.30. The van der Waals surface area contributed by atoms with Crippen molar-refractivity contribution in [3.63, 3.8) is 0 Å². The standard InChI is InChI=1S/C14H25NO4/c1-9-6-10(2)8-14(7-9,11(16)17)15-12(18)19-13(3,4)5/h9-10H,6-8H2,1-5H3,(H,15,18)(H,16,17)/t9-,10-/m0/s1. The van der Waals surface area contributed by atoms with Crippen LogP contribution in [0.2, 0.25) is 0 Å². The van der Waals surface area contributed by atoms with Crippen LogP contribution in [0.15, 0.2) is 0 Å². The molecule has 2 N–H and O–H groups in total. The number of carboxylic acids is 1. The molecule has 0 aliphatic heterocycles. The second-order valence-corrected chi connectivity index (χ2v) is 6.87. The molecule has 1 amide bonds. The van der Waals surface area contributed by atoms with Gasteiger partial charge in [-0.15, -0.1) is 0 Å². The Morgan fingerprint density at radius 3 is 2.05 bits per heavy atom. The minimum atomic E-state index is -1.20. The number of carbonyl (C=O) groups is 2. The molecule has 0 radical (unpaired) electrons. The summed E-state index contributed by atoms with van der Waals surface area (Å²) >= 11 is 0. The Bertz CT molecular complexity index is 349. The molecular weight excluding hydrogens is 246 g/mol. The van der Waals surface area contributed by atoms with Crippen LogP contribution >= 0.6 is 0 Å². The number of carbonyl (C=O) groups excluding carboxylic acids is 1. The topological polar surface area (TPSA) is 75.6 Å². The molecule has 0 aromatic heterocycles. The molecule has 5 heteroatoms. The first-order valence-electron chi connectivity index (χ1n) is 6.78. The van der Waals surface area contributed by atoms with E-state index in [1.165, 1.54) is 0 Å². The van der Waals surface area contributed by atoms with Gasteiger partial charge in [-0.1, -0.05) is 13.8 Å². The summed E-state index contributed by atoms with van der Waals surface area (Å²) in [4.78, 5) is 23.5. The molecular formula is C14H25NO4. The lowest BCUT2D eigenvalue weighted by molar-refractivity contribution is -0.148. The van der Waals surface area contributed by atoms with Crippen molar-refractivity contribution in [1.29, 1.82) is 0 Å². The molecule has 19 heavy (non-hydrogen) atoms. The smallest absolute Gasteiger partial charge is 0.408 e. The number of hydrogen-bond donors (Lipinski definition) is 2. The fourth-order valence-electron chi connectivity index (χ4n) is 2.96. The second kappa shape index (κ2) is 5.39. The maximum absolute atomic E-state index is 11.9. The average Bonchev–Trinajstić information content (AvgIpc) is 2.11. The van der Waals surface area contributed by atoms with Crippen molar-refractivity contribution in [2.45, 2.75) is 65.0 Å². The van der Waals surface area contributed by atoms with Gasteiger partial charge in [0.25, 0.3) is 0 Å². The second-order valence-electron chi connectivity index (χ2n) is 6.87. The van der Waals surface area contributed by atoms with Crippen LogP contribution < -0.4 is 5.32 Å². The van der Waals surface area contributed by atoms with Crippen LogP contribution in [0, 0.1) is 11.8 Å². The van der Waals surface area contributed by atoms with Gasteiger partial charge in [0.15, 0.2) is 0 Å². The highest BCUT2D eigenvalue weighted by atomic mass is 16.6. The van der Waals surface area contributed by atoms with E-state index in [0.29, 0.717) is 12.8 Å². The van der Waals surface area contributed by atoms with Crippen LogP contribution in [0.25, 0.3) is 0 Å². The zero-order chi connectivity index (χ0) is 14.8. The predicted molar refractivity (Wildman–Crippen MR) is 71.9 cm³/mol. The maximum atomic E-state index is 11.9. The zero-order valence-corrected chi connectivity index (χ0v) is 12.4. The van der Waals surface area contributed by atoms with Gasteiger partial charge in [-0.3, -0.25) is 0 Å². The first-order valence-corrected chi connectivity index (χ1v) is 6.78. The maximum Gasteiger partial charge on any atom is 0.408 e. The Morgan fingerprint density at radius 2 is 1.68 bits per heavy atom. The van der Waals surface area contributed by atoms with Crippen LogP contribution in [-0.2, 0) is 9.53 Å². The van der Waals surface area contributed by atoms with Gasteiger partial charge in [0, 0.05) is 0 Å². The van der Waals surface area contributed by atoms with Gasteiger partial charge in [-0.05, 0) is 51.9 Å². The molecule has 1 aliphatic rings. The van der Waals surface area contributed by atoms with Gasteiger partial charge < -0.3 is 15.2 Å². The molecule has 2 atom stereocenters. The number of ether oxygens (including phenoxy) is 1. The van der Waals surface area contributed by atoms with E-state index in [4.69, 9.17) is 4.74 Å². The highest BCUT2D eigenvalue weighted by Crippen LogP contribution is 2.36. The highest BCUT2D eigenvalue weighted by Gasteiger charge is 2.46. The molecule has 0 saturated heterocycles. The molecule has 0 aromatic rings. The third-order valence-corrected chi connectivity index (χ3v) is 3.35.